The van der Waals surface area contributed by atoms with Gasteiger partial charge in [0.25, 0.3) is 0 Å². The van der Waals surface area contributed by atoms with Gasteiger partial charge in [0.05, 0.1) is 24.7 Å². The quantitative estimate of drug-likeness (QED) is 0.756. The molecule has 3 atom stereocenters. The van der Waals surface area contributed by atoms with Gasteiger partial charge in [0, 0.05) is 44.7 Å². The highest BCUT2D eigenvalue weighted by Crippen LogP contribution is 2.55. The summed E-state index contributed by atoms with van der Waals surface area (Å²) in [7, 11) is 0. The normalized spacial score (nSPS) is 31.7. The van der Waals surface area contributed by atoms with Crippen molar-refractivity contribution in [3.05, 3.63) is 35.4 Å². The lowest BCUT2D eigenvalue weighted by Crippen LogP contribution is -2.44. The Morgan fingerprint density at radius 3 is 2.83 bits per heavy atom. The lowest BCUT2D eigenvalue weighted by atomic mass is 9.69. The zero-order valence-electron chi connectivity index (χ0n) is 16.7. The van der Waals surface area contributed by atoms with E-state index in [0.29, 0.717) is 17.9 Å². The van der Waals surface area contributed by atoms with Crippen molar-refractivity contribution in [3.8, 4) is 11.5 Å². The molecule has 158 valence electrons. The molecular formula is C22H29FN2O4. The predicted molar refractivity (Wildman–Crippen MR) is 106 cm³/mol. The summed E-state index contributed by atoms with van der Waals surface area (Å²) in [5.41, 5.74) is 2.08. The molecule has 0 amide bonds. The Bertz CT molecular complexity index is 782. The molecule has 3 aliphatic heterocycles. The summed E-state index contributed by atoms with van der Waals surface area (Å²) in [4.78, 5) is 4.97. The van der Waals surface area contributed by atoms with E-state index in [2.05, 4.69) is 21.9 Å². The Morgan fingerprint density at radius 1 is 1.17 bits per heavy atom. The van der Waals surface area contributed by atoms with Gasteiger partial charge < -0.3 is 19.3 Å². The van der Waals surface area contributed by atoms with E-state index >= 15 is 0 Å². The van der Waals surface area contributed by atoms with Crippen molar-refractivity contribution < 1.29 is 23.7 Å². The van der Waals surface area contributed by atoms with Crippen LogP contribution < -0.4 is 9.47 Å². The van der Waals surface area contributed by atoms with Crippen molar-refractivity contribution in [1.82, 2.24) is 9.80 Å². The Morgan fingerprint density at radius 2 is 2.00 bits per heavy atom. The fourth-order valence-corrected chi connectivity index (χ4v) is 5.30. The number of benzene rings is 1. The van der Waals surface area contributed by atoms with Crippen molar-refractivity contribution >= 4 is 0 Å². The van der Waals surface area contributed by atoms with Gasteiger partial charge in [0.2, 0.25) is 6.86 Å². The zero-order chi connectivity index (χ0) is 19.8. The highest BCUT2D eigenvalue weighted by Gasteiger charge is 2.52. The van der Waals surface area contributed by atoms with E-state index in [9.17, 15) is 9.50 Å². The van der Waals surface area contributed by atoms with Gasteiger partial charge >= 0.3 is 0 Å². The van der Waals surface area contributed by atoms with Crippen LogP contribution in [0.2, 0.25) is 0 Å². The monoisotopic (exact) mass is 404 g/mol. The van der Waals surface area contributed by atoms with Crippen LogP contribution in [0.5, 0.6) is 11.5 Å². The number of ether oxygens (including phenoxy) is 3. The molecule has 4 aliphatic rings. The third kappa shape index (κ3) is 3.44. The second-order valence-electron chi connectivity index (χ2n) is 8.47. The number of hydrogen-bond donors (Lipinski definition) is 1. The first-order valence-electron chi connectivity index (χ1n) is 10.6. The van der Waals surface area contributed by atoms with Gasteiger partial charge in [-0.1, -0.05) is 18.2 Å². The Kier molecular flexibility index (Phi) is 5.24. The SMILES string of the molecule is O[C@@H]1C=C[C@@]23CCN(CCN4CCOCC4)Cc4ccc(OCF)c(c42)O[C@H]3C1. The maximum atomic E-state index is 12.9. The summed E-state index contributed by atoms with van der Waals surface area (Å²) in [6, 6.07) is 3.88. The molecule has 0 radical (unpaired) electrons. The average Bonchev–Trinajstić information content (AvgIpc) is 2.98. The fraction of sp³-hybridized carbons (Fsp3) is 0.636. The number of hydrogen-bond acceptors (Lipinski definition) is 6. The Balaban J connectivity index is 1.44. The van der Waals surface area contributed by atoms with Crippen LogP contribution >= 0.6 is 0 Å². The van der Waals surface area contributed by atoms with E-state index in [1.54, 1.807) is 0 Å². The van der Waals surface area contributed by atoms with Crippen LogP contribution in [0.1, 0.15) is 24.0 Å². The Labute approximate surface area is 170 Å². The fourth-order valence-electron chi connectivity index (χ4n) is 5.30. The van der Waals surface area contributed by atoms with Crippen LogP contribution in [0.3, 0.4) is 0 Å². The lowest BCUT2D eigenvalue weighted by Gasteiger charge is -2.36. The maximum Gasteiger partial charge on any atom is 0.228 e. The first kappa shape index (κ1) is 19.3. The summed E-state index contributed by atoms with van der Waals surface area (Å²) in [5, 5.41) is 10.2. The standard InChI is InChI=1S/C22H29FN2O4/c23-15-28-18-2-1-16-14-25(8-7-24-9-11-27-12-10-24)6-5-22-4-3-17(26)13-19(22)29-21(18)20(16)22/h1-4,17,19,26H,5-15H2/t17-,19+,22+/m1/s1. The molecule has 6 nitrogen and oxygen atoms in total. The molecule has 0 bridgehead atoms. The molecule has 1 aromatic carbocycles. The van der Waals surface area contributed by atoms with Crippen molar-refractivity contribution in [1.29, 1.82) is 0 Å². The predicted octanol–water partition coefficient (Wildman–Crippen LogP) is 1.85. The van der Waals surface area contributed by atoms with E-state index in [4.69, 9.17) is 14.2 Å². The van der Waals surface area contributed by atoms with Crippen molar-refractivity contribution in [2.24, 2.45) is 0 Å². The number of halogens is 1. The van der Waals surface area contributed by atoms with Gasteiger partial charge in [0.15, 0.2) is 11.5 Å². The summed E-state index contributed by atoms with van der Waals surface area (Å²) >= 11 is 0. The number of aliphatic hydroxyl groups is 1. The maximum absolute atomic E-state index is 12.9. The van der Waals surface area contributed by atoms with Gasteiger partial charge in [-0.3, -0.25) is 9.80 Å². The van der Waals surface area contributed by atoms with E-state index < -0.39 is 13.0 Å². The molecule has 1 fully saturated rings. The van der Waals surface area contributed by atoms with E-state index in [0.717, 1.165) is 64.5 Å². The van der Waals surface area contributed by atoms with E-state index in [-0.39, 0.29) is 11.5 Å². The van der Waals surface area contributed by atoms with Gasteiger partial charge in [-0.15, -0.1) is 0 Å². The number of aliphatic hydroxyl groups excluding tert-OH is 1. The smallest absolute Gasteiger partial charge is 0.228 e. The Hall–Kier alpha value is -1.67. The molecule has 0 saturated carbocycles. The second-order valence-corrected chi connectivity index (χ2v) is 8.47. The molecule has 5 rings (SSSR count). The minimum Gasteiger partial charge on any atom is -0.485 e. The van der Waals surface area contributed by atoms with Gasteiger partial charge in [-0.2, -0.15) is 0 Å². The summed E-state index contributed by atoms with van der Waals surface area (Å²) in [5.74, 6) is 1.13. The topological polar surface area (TPSA) is 54.4 Å². The first-order valence-corrected chi connectivity index (χ1v) is 10.6. The molecule has 1 saturated heterocycles. The molecule has 1 spiro atoms. The van der Waals surface area contributed by atoms with E-state index in [1.165, 1.54) is 5.56 Å². The van der Waals surface area contributed by atoms with Gasteiger partial charge in [-0.05, 0) is 24.6 Å². The van der Waals surface area contributed by atoms with Crippen molar-refractivity contribution in [2.45, 2.75) is 37.0 Å². The highest BCUT2D eigenvalue weighted by atomic mass is 19.1. The third-order valence-corrected chi connectivity index (χ3v) is 6.86. The first-order chi connectivity index (χ1) is 14.2. The summed E-state index contributed by atoms with van der Waals surface area (Å²) in [6.45, 7) is 6.60. The average molecular weight is 404 g/mol. The number of nitrogens with zero attached hydrogens (tertiary/aromatic N) is 2. The lowest BCUT2D eigenvalue weighted by molar-refractivity contribution is 0.0322. The van der Waals surface area contributed by atoms with Crippen LogP contribution in [0.15, 0.2) is 24.3 Å². The highest BCUT2D eigenvalue weighted by molar-refractivity contribution is 5.61. The zero-order valence-corrected chi connectivity index (χ0v) is 16.7. The van der Waals surface area contributed by atoms with Crippen molar-refractivity contribution in [3.63, 3.8) is 0 Å². The third-order valence-electron chi connectivity index (χ3n) is 6.86. The number of morpholine rings is 1. The largest absolute Gasteiger partial charge is 0.485 e. The number of rotatable bonds is 5. The molecular weight excluding hydrogens is 375 g/mol. The molecule has 1 N–H and O–H groups in total. The summed E-state index contributed by atoms with van der Waals surface area (Å²) < 4.78 is 29.9. The van der Waals surface area contributed by atoms with Crippen LogP contribution in [-0.4, -0.2) is 79.9 Å². The van der Waals surface area contributed by atoms with Crippen LogP contribution in [-0.2, 0) is 16.7 Å². The minimum atomic E-state index is -0.878. The molecule has 29 heavy (non-hydrogen) atoms. The van der Waals surface area contributed by atoms with Crippen LogP contribution in [0.4, 0.5) is 4.39 Å². The van der Waals surface area contributed by atoms with Gasteiger partial charge in [-0.25, -0.2) is 4.39 Å². The molecule has 0 unspecified atom stereocenters. The van der Waals surface area contributed by atoms with Gasteiger partial charge in [0.1, 0.15) is 6.10 Å². The molecule has 0 aromatic heterocycles. The molecule has 7 heteroatoms. The van der Waals surface area contributed by atoms with Crippen LogP contribution in [0.25, 0.3) is 0 Å². The number of alkyl halides is 1. The van der Waals surface area contributed by atoms with Crippen LogP contribution in [0, 0.1) is 0 Å². The summed E-state index contributed by atoms with van der Waals surface area (Å²) in [6.07, 6.45) is 4.85. The second kappa shape index (κ2) is 7.87. The molecule has 1 aliphatic carbocycles. The molecule has 1 aromatic rings. The molecule has 3 heterocycles. The van der Waals surface area contributed by atoms with E-state index in [1.807, 2.05) is 12.1 Å². The minimum absolute atomic E-state index is 0.139. The van der Waals surface area contributed by atoms with Crippen molar-refractivity contribution in [2.75, 3.05) is 52.8 Å².